The molecule has 4 rings (SSSR count). The van der Waals surface area contributed by atoms with Crippen LogP contribution in [0.15, 0.2) is 70.9 Å². The van der Waals surface area contributed by atoms with Gasteiger partial charge in [0.25, 0.3) is 0 Å². The monoisotopic (exact) mass is 502 g/mol. The molecule has 0 aromatic heterocycles. The van der Waals surface area contributed by atoms with Gasteiger partial charge >= 0.3 is 0 Å². The number of benzene rings is 3. The maximum atomic E-state index is 11.5. The van der Waals surface area contributed by atoms with E-state index in [1.165, 1.54) is 12.1 Å². The number of carbonyl (C=O) groups is 1. The van der Waals surface area contributed by atoms with Crippen LogP contribution in [0.4, 0.5) is 5.69 Å². The van der Waals surface area contributed by atoms with Gasteiger partial charge in [-0.05, 0) is 60.4 Å². The van der Waals surface area contributed by atoms with Crippen LogP contribution in [0.5, 0.6) is 23.0 Å². The van der Waals surface area contributed by atoms with E-state index < -0.39 is 0 Å². The second-order valence-electron chi connectivity index (χ2n) is 8.78. The van der Waals surface area contributed by atoms with Crippen LogP contribution in [-0.4, -0.2) is 41.8 Å². The Bertz CT molecular complexity index is 1330. The van der Waals surface area contributed by atoms with Crippen molar-refractivity contribution in [2.24, 2.45) is 16.1 Å². The van der Waals surface area contributed by atoms with Crippen LogP contribution >= 0.6 is 0 Å². The summed E-state index contributed by atoms with van der Waals surface area (Å²) in [4.78, 5) is 11.5. The first-order chi connectivity index (χ1) is 17.9. The lowest BCUT2D eigenvalue weighted by Gasteiger charge is -2.19. The number of hydrazone groups is 2. The number of nitrogens with one attached hydrogen (secondary N) is 2. The predicted octanol–water partition coefficient (Wildman–Crippen LogP) is 4.42. The quantitative estimate of drug-likeness (QED) is 0.254. The molecule has 3 aromatic carbocycles. The number of aryl methyl sites for hydroxylation is 1. The van der Waals surface area contributed by atoms with E-state index in [0.717, 1.165) is 22.5 Å². The van der Waals surface area contributed by atoms with Crippen molar-refractivity contribution < 1.29 is 24.5 Å². The molecule has 0 saturated heterocycles. The number of aromatic hydroxyl groups is 2. The summed E-state index contributed by atoms with van der Waals surface area (Å²) in [5, 5.41) is 29.0. The van der Waals surface area contributed by atoms with Gasteiger partial charge in [0, 0.05) is 24.0 Å². The fourth-order valence-electron chi connectivity index (χ4n) is 4.16. The van der Waals surface area contributed by atoms with Crippen LogP contribution in [0.1, 0.15) is 36.5 Å². The Hall–Kier alpha value is -4.53. The van der Waals surface area contributed by atoms with Crippen LogP contribution in [0.2, 0.25) is 0 Å². The number of anilines is 1. The Kier molecular flexibility index (Phi) is 7.92. The Morgan fingerprint density at radius 1 is 1.05 bits per heavy atom. The SMILES string of the molecule is COc1ccc(CCC(=NNc2ccc(C3=NNC(=O)CC3C)cc2)c2ccc(O)cc2O)cc1OC. The molecule has 0 aliphatic carbocycles. The van der Waals surface area contributed by atoms with Gasteiger partial charge in [-0.15, -0.1) is 0 Å². The lowest BCUT2D eigenvalue weighted by molar-refractivity contribution is -0.121. The smallest absolute Gasteiger partial charge is 0.240 e. The molecular weight excluding hydrogens is 472 g/mol. The Balaban J connectivity index is 1.55. The fraction of sp³-hybridized carbons (Fsp3) is 0.250. The maximum absolute atomic E-state index is 11.5. The van der Waals surface area contributed by atoms with Crippen molar-refractivity contribution in [1.29, 1.82) is 0 Å². The number of hydrogen-bond acceptors (Lipinski definition) is 8. The van der Waals surface area contributed by atoms with E-state index in [4.69, 9.17) is 9.47 Å². The first-order valence-corrected chi connectivity index (χ1v) is 11.9. The number of nitrogens with zero attached hydrogens (tertiary/aromatic N) is 2. The summed E-state index contributed by atoms with van der Waals surface area (Å²) in [6.07, 6.45) is 1.54. The predicted molar refractivity (Wildman–Crippen MR) is 143 cm³/mol. The topological polar surface area (TPSA) is 125 Å². The molecule has 1 heterocycles. The number of hydrogen-bond donors (Lipinski definition) is 4. The minimum atomic E-state index is -0.0815. The molecule has 9 nitrogen and oxygen atoms in total. The lowest BCUT2D eigenvalue weighted by Crippen LogP contribution is -2.31. The first-order valence-electron chi connectivity index (χ1n) is 11.9. The van der Waals surface area contributed by atoms with Gasteiger partial charge in [0.15, 0.2) is 11.5 Å². The number of rotatable bonds is 9. The number of carbonyl (C=O) groups excluding carboxylic acids is 1. The molecule has 1 unspecified atom stereocenters. The van der Waals surface area contributed by atoms with Crippen LogP contribution in [-0.2, 0) is 11.2 Å². The lowest BCUT2D eigenvalue weighted by atomic mass is 9.94. The third-order valence-electron chi connectivity index (χ3n) is 6.15. The third kappa shape index (κ3) is 6.19. The van der Waals surface area contributed by atoms with Gasteiger partial charge < -0.3 is 19.7 Å². The van der Waals surface area contributed by atoms with Crippen LogP contribution in [0.25, 0.3) is 0 Å². The Morgan fingerprint density at radius 3 is 2.49 bits per heavy atom. The molecule has 1 atom stereocenters. The van der Waals surface area contributed by atoms with Gasteiger partial charge in [0.1, 0.15) is 11.5 Å². The van der Waals surface area contributed by atoms with Gasteiger partial charge in [-0.2, -0.15) is 10.2 Å². The highest BCUT2D eigenvalue weighted by molar-refractivity contribution is 6.06. The molecule has 0 fully saturated rings. The molecule has 1 aliphatic heterocycles. The van der Waals surface area contributed by atoms with Crippen LogP contribution in [0, 0.1) is 5.92 Å². The molecule has 9 heteroatoms. The standard InChI is InChI=1S/C28H30N4O5/c1-17-14-27(35)31-32-28(17)19-6-8-20(9-7-19)29-30-23(22-11-10-21(33)16-24(22)34)12-4-18-5-13-25(36-2)26(15-18)37-3/h5-11,13,15-17,29,33-34H,4,12,14H2,1-3H3,(H,31,35). The summed E-state index contributed by atoms with van der Waals surface area (Å²) in [5.74, 6) is 1.15. The first kappa shape index (κ1) is 25.6. The van der Waals surface area contributed by atoms with E-state index in [1.807, 2.05) is 49.4 Å². The zero-order valence-electron chi connectivity index (χ0n) is 21.0. The molecule has 3 aromatic rings. The van der Waals surface area contributed by atoms with E-state index >= 15 is 0 Å². The summed E-state index contributed by atoms with van der Waals surface area (Å²) < 4.78 is 10.7. The van der Waals surface area contributed by atoms with E-state index in [2.05, 4.69) is 21.1 Å². The van der Waals surface area contributed by atoms with Crippen LogP contribution in [0.3, 0.4) is 0 Å². The average molecular weight is 503 g/mol. The number of phenolic OH excluding ortho intramolecular Hbond substituents is 2. The summed E-state index contributed by atoms with van der Waals surface area (Å²) in [6.45, 7) is 1.98. The highest BCUT2D eigenvalue weighted by Gasteiger charge is 2.21. The molecule has 0 saturated carbocycles. The molecule has 0 spiro atoms. The number of methoxy groups -OCH3 is 2. The Morgan fingerprint density at radius 2 is 1.81 bits per heavy atom. The van der Waals surface area contributed by atoms with Crippen molar-refractivity contribution >= 4 is 23.0 Å². The summed E-state index contributed by atoms with van der Waals surface area (Å²) in [5.41, 5.74) is 10.3. The molecule has 0 radical (unpaired) electrons. The normalized spacial score (nSPS) is 15.5. The second-order valence-corrected chi connectivity index (χ2v) is 8.78. The average Bonchev–Trinajstić information content (AvgIpc) is 2.89. The molecule has 1 amide bonds. The number of ether oxygens (including phenoxy) is 2. The zero-order valence-corrected chi connectivity index (χ0v) is 21.0. The van der Waals surface area contributed by atoms with Crippen molar-refractivity contribution in [1.82, 2.24) is 5.43 Å². The summed E-state index contributed by atoms with van der Waals surface area (Å²) in [7, 11) is 3.19. The van der Waals surface area contributed by atoms with Crippen molar-refractivity contribution in [2.75, 3.05) is 19.6 Å². The van der Waals surface area contributed by atoms with Crippen molar-refractivity contribution in [2.45, 2.75) is 26.2 Å². The molecular formula is C28H30N4O5. The van der Waals surface area contributed by atoms with E-state index in [0.29, 0.717) is 42.0 Å². The fourth-order valence-corrected chi connectivity index (χ4v) is 4.16. The minimum Gasteiger partial charge on any atom is -0.508 e. The summed E-state index contributed by atoms with van der Waals surface area (Å²) >= 11 is 0. The zero-order chi connectivity index (χ0) is 26.4. The Labute approximate surface area is 215 Å². The molecule has 1 aliphatic rings. The van der Waals surface area contributed by atoms with E-state index in [9.17, 15) is 15.0 Å². The summed E-state index contributed by atoms with van der Waals surface area (Å²) in [6, 6.07) is 17.8. The van der Waals surface area contributed by atoms with Gasteiger partial charge in [-0.1, -0.05) is 25.1 Å². The molecule has 4 N–H and O–H groups in total. The van der Waals surface area contributed by atoms with Crippen molar-refractivity contribution in [3.05, 3.63) is 77.4 Å². The molecule has 0 bridgehead atoms. The molecule has 37 heavy (non-hydrogen) atoms. The molecule has 192 valence electrons. The van der Waals surface area contributed by atoms with Gasteiger partial charge in [0.2, 0.25) is 5.91 Å². The van der Waals surface area contributed by atoms with Crippen molar-refractivity contribution in [3.8, 4) is 23.0 Å². The largest absolute Gasteiger partial charge is 0.508 e. The van der Waals surface area contributed by atoms with Gasteiger partial charge in [-0.25, -0.2) is 5.43 Å². The second kappa shape index (κ2) is 11.5. The highest BCUT2D eigenvalue weighted by Crippen LogP contribution is 2.29. The van der Waals surface area contributed by atoms with E-state index in [-0.39, 0.29) is 23.3 Å². The van der Waals surface area contributed by atoms with Crippen LogP contribution < -0.4 is 20.3 Å². The number of phenols is 2. The highest BCUT2D eigenvalue weighted by atomic mass is 16.5. The third-order valence-corrected chi connectivity index (χ3v) is 6.15. The van der Waals surface area contributed by atoms with Gasteiger partial charge in [0.05, 0.1) is 31.3 Å². The minimum absolute atomic E-state index is 0.0277. The maximum Gasteiger partial charge on any atom is 0.240 e. The van der Waals surface area contributed by atoms with Gasteiger partial charge in [-0.3, -0.25) is 10.2 Å². The number of amides is 1. The van der Waals surface area contributed by atoms with Crippen molar-refractivity contribution in [3.63, 3.8) is 0 Å². The van der Waals surface area contributed by atoms with E-state index in [1.54, 1.807) is 20.3 Å².